The number of para-hydroxylation sites is 1. The standard InChI is InChI=1S/C34H30Cl2N4O3S/c1-23-8-18-31(19-9-23)44(42,43)39(22-26-10-12-28(35)13-11-26)33-7-5-4-6-32(33)34(41)38-37-21-27-20-24(2)40(25(27)3)30-16-14-29(36)15-17-30/h4-21H,22H2,1-3H3,(H,38,41)/b37-21+. The molecule has 0 aliphatic carbocycles. The summed E-state index contributed by atoms with van der Waals surface area (Å²) in [6.07, 6.45) is 1.57. The van der Waals surface area contributed by atoms with Gasteiger partial charge in [-0.15, -0.1) is 0 Å². The molecule has 1 amide bonds. The van der Waals surface area contributed by atoms with E-state index in [9.17, 15) is 13.2 Å². The highest BCUT2D eigenvalue weighted by Gasteiger charge is 2.28. The van der Waals surface area contributed by atoms with E-state index in [1.54, 1.807) is 79.0 Å². The van der Waals surface area contributed by atoms with Crippen LogP contribution in [0.25, 0.3) is 5.69 Å². The Bertz CT molecular complexity index is 1930. The number of halogens is 2. The van der Waals surface area contributed by atoms with E-state index in [0.29, 0.717) is 15.6 Å². The van der Waals surface area contributed by atoms with Gasteiger partial charge in [0.1, 0.15) is 0 Å². The van der Waals surface area contributed by atoms with E-state index in [0.717, 1.165) is 28.2 Å². The molecule has 0 fully saturated rings. The number of hydrazone groups is 1. The van der Waals surface area contributed by atoms with Crippen LogP contribution in [0.15, 0.2) is 113 Å². The molecule has 4 aromatic carbocycles. The van der Waals surface area contributed by atoms with Crippen LogP contribution in [0.1, 0.15) is 38.4 Å². The molecular formula is C34H30Cl2N4O3S. The summed E-state index contributed by atoms with van der Waals surface area (Å²) in [7, 11) is -4.06. The molecule has 10 heteroatoms. The fourth-order valence-electron chi connectivity index (χ4n) is 4.90. The Balaban J connectivity index is 1.46. The number of carbonyl (C=O) groups is 1. The van der Waals surface area contributed by atoms with Crippen LogP contribution in [-0.4, -0.2) is 25.1 Å². The van der Waals surface area contributed by atoms with Gasteiger partial charge in [0, 0.05) is 32.7 Å². The van der Waals surface area contributed by atoms with Gasteiger partial charge in [-0.05, 0) is 93.1 Å². The van der Waals surface area contributed by atoms with Crippen molar-refractivity contribution in [1.82, 2.24) is 9.99 Å². The van der Waals surface area contributed by atoms with Gasteiger partial charge in [-0.2, -0.15) is 5.10 Å². The van der Waals surface area contributed by atoms with Crippen molar-refractivity contribution in [1.29, 1.82) is 0 Å². The summed E-state index contributed by atoms with van der Waals surface area (Å²) < 4.78 is 31.4. The van der Waals surface area contributed by atoms with E-state index < -0.39 is 15.9 Å². The lowest BCUT2D eigenvalue weighted by Gasteiger charge is -2.26. The van der Waals surface area contributed by atoms with E-state index >= 15 is 0 Å². The van der Waals surface area contributed by atoms with Crippen LogP contribution < -0.4 is 9.73 Å². The molecule has 0 unspecified atom stereocenters. The lowest BCUT2D eigenvalue weighted by molar-refractivity contribution is 0.0955. The van der Waals surface area contributed by atoms with Gasteiger partial charge in [0.2, 0.25) is 0 Å². The summed E-state index contributed by atoms with van der Waals surface area (Å²) in [5.41, 5.74) is 8.28. The van der Waals surface area contributed by atoms with Crippen LogP contribution in [0.4, 0.5) is 5.69 Å². The molecule has 0 atom stereocenters. The van der Waals surface area contributed by atoms with Gasteiger partial charge < -0.3 is 4.57 Å². The second-order valence-corrected chi connectivity index (χ2v) is 13.0. The Labute approximate surface area is 267 Å². The van der Waals surface area contributed by atoms with Crippen molar-refractivity contribution in [2.45, 2.75) is 32.2 Å². The van der Waals surface area contributed by atoms with Crippen molar-refractivity contribution in [3.8, 4) is 5.69 Å². The first-order valence-electron chi connectivity index (χ1n) is 13.8. The average molecular weight is 646 g/mol. The van der Waals surface area contributed by atoms with Crippen LogP contribution in [-0.2, 0) is 16.6 Å². The van der Waals surface area contributed by atoms with Gasteiger partial charge in [0.05, 0.1) is 28.9 Å². The number of hydrogen-bond donors (Lipinski definition) is 1. The zero-order chi connectivity index (χ0) is 31.4. The summed E-state index contributed by atoms with van der Waals surface area (Å²) in [6, 6.07) is 29.6. The first kappa shape index (κ1) is 31.1. The van der Waals surface area contributed by atoms with Crippen LogP contribution >= 0.6 is 23.2 Å². The second kappa shape index (κ2) is 13.1. The van der Waals surface area contributed by atoms with E-state index in [1.165, 1.54) is 4.31 Å². The van der Waals surface area contributed by atoms with Gasteiger partial charge in [-0.1, -0.05) is 65.2 Å². The minimum Gasteiger partial charge on any atom is -0.318 e. The number of anilines is 1. The second-order valence-electron chi connectivity index (χ2n) is 10.3. The molecule has 5 rings (SSSR count). The first-order valence-corrected chi connectivity index (χ1v) is 16.0. The van der Waals surface area contributed by atoms with Crippen molar-refractivity contribution in [3.05, 3.63) is 147 Å². The number of carbonyl (C=O) groups excluding carboxylic acids is 1. The normalized spacial score (nSPS) is 11.6. The van der Waals surface area contributed by atoms with Gasteiger partial charge in [0.25, 0.3) is 15.9 Å². The number of amides is 1. The number of hydrogen-bond acceptors (Lipinski definition) is 4. The predicted octanol–water partition coefficient (Wildman–Crippen LogP) is 7.87. The number of nitrogens with zero attached hydrogens (tertiary/aromatic N) is 3. The molecule has 44 heavy (non-hydrogen) atoms. The van der Waals surface area contributed by atoms with Crippen molar-refractivity contribution in [3.63, 3.8) is 0 Å². The fourth-order valence-corrected chi connectivity index (χ4v) is 6.63. The minimum atomic E-state index is -4.06. The van der Waals surface area contributed by atoms with Crippen molar-refractivity contribution >= 4 is 51.0 Å². The first-order chi connectivity index (χ1) is 21.0. The van der Waals surface area contributed by atoms with Gasteiger partial charge >= 0.3 is 0 Å². The molecule has 7 nitrogen and oxygen atoms in total. The zero-order valence-corrected chi connectivity index (χ0v) is 26.7. The predicted molar refractivity (Wildman–Crippen MR) is 178 cm³/mol. The summed E-state index contributed by atoms with van der Waals surface area (Å²) in [6.45, 7) is 5.82. The third kappa shape index (κ3) is 6.73. The maximum atomic E-state index is 14.0. The highest BCUT2D eigenvalue weighted by atomic mass is 35.5. The third-order valence-corrected chi connectivity index (χ3v) is 9.47. The number of aromatic nitrogens is 1. The lowest BCUT2D eigenvalue weighted by atomic mass is 10.1. The Morgan fingerprint density at radius 1 is 0.864 bits per heavy atom. The van der Waals surface area contributed by atoms with Crippen LogP contribution in [0.3, 0.4) is 0 Å². The Kier molecular flexibility index (Phi) is 9.25. The van der Waals surface area contributed by atoms with Crippen molar-refractivity contribution in [2.75, 3.05) is 4.31 Å². The van der Waals surface area contributed by atoms with Crippen LogP contribution in [0.5, 0.6) is 0 Å². The highest BCUT2D eigenvalue weighted by Crippen LogP contribution is 2.30. The number of rotatable bonds is 9. The van der Waals surface area contributed by atoms with E-state index in [-0.39, 0.29) is 22.7 Å². The average Bonchev–Trinajstić information content (AvgIpc) is 3.29. The maximum absolute atomic E-state index is 14.0. The smallest absolute Gasteiger partial charge is 0.273 e. The van der Waals surface area contributed by atoms with Crippen LogP contribution in [0.2, 0.25) is 10.0 Å². The number of aryl methyl sites for hydroxylation is 2. The summed E-state index contributed by atoms with van der Waals surface area (Å²) in [5, 5.41) is 5.41. The lowest BCUT2D eigenvalue weighted by Crippen LogP contribution is -2.33. The molecule has 0 aliphatic heterocycles. The summed E-state index contributed by atoms with van der Waals surface area (Å²) in [5.74, 6) is -0.552. The molecule has 1 aromatic heterocycles. The Hall–Kier alpha value is -4.37. The number of nitrogens with one attached hydrogen (secondary N) is 1. The molecule has 224 valence electrons. The van der Waals surface area contributed by atoms with E-state index in [4.69, 9.17) is 23.2 Å². The zero-order valence-electron chi connectivity index (χ0n) is 24.3. The van der Waals surface area contributed by atoms with Gasteiger partial charge in [0.15, 0.2) is 0 Å². The molecule has 0 radical (unpaired) electrons. The van der Waals surface area contributed by atoms with E-state index in [2.05, 4.69) is 15.1 Å². The van der Waals surface area contributed by atoms with Crippen LogP contribution in [0, 0.1) is 20.8 Å². The van der Waals surface area contributed by atoms with Crippen molar-refractivity contribution < 1.29 is 13.2 Å². The monoisotopic (exact) mass is 644 g/mol. The third-order valence-electron chi connectivity index (χ3n) is 7.19. The minimum absolute atomic E-state index is 0.0162. The Morgan fingerprint density at radius 3 is 2.14 bits per heavy atom. The quantitative estimate of drug-likeness (QED) is 0.131. The maximum Gasteiger partial charge on any atom is 0.273 e. The summed E-state index contributed by atoms with van der Waals surface area (Å²) >= 11 is 12.1. The molecule has 0 saturated heterocycles. The topological polar surface area (TPSA) is 83.8 Å². The Morgan fingerprint density at radius 2 is 1.48 bits per heavy atom. The number of benzene rings is 4. The molecule has 0 aliphatic rings. The number of sulfonamides is 1. The molecule has 1 N–H and O–H groups in total. The summed E-state index contributed by atoms with van der Waals surface area (Å²) in [4.78, 5) is 13.6. The molecule has 0 spiro atoms. The molecule has 5 aromatic rings. The van der Waals surface area contributed by atoms with E-state index in [1.807, 2.05) is 51.1 Å². The van der Waals surface area contributed by atoms with Gasteiger partial charge in [-0.3, -0.25) is 9.10 Å². The largest absolute Gasteiger partial charge is 0.318 e. The fraction of sp³-hybridized carbons (Fsp3) is 0.118. The molecule has 0 bridgehead atoms. The molecule has 1 heterocycles. The molecule has 0 saturated carbocycles. The SMILES string of the molecule is Cc1ccc(S(=O)(=O)N(Cc2ccc(Cl)cc2)c2ccccc2C(=O)N/N=C/c2cc(C)n(-c3ccc(Cl)cc3)c2C)cc1. The van der Waals surface area contributed by atoms with Crippen molar-refractivity contribution in [2.24, 2.45) is 5.10 Å². The van der Waals surface area contributed by atoms with Gasteiger partial charge in [-0.25, -0.2) is 13.8 Å². The highest BCUT2D eigenvalue weighted by molar-refractivity contribution is 7.92. The molecular weight excluding hydrogens is 615 g/mol.